The SMILES string of the molecule is O=C(c1ccn[nH]1)N1CC2(C[C@@H](OCC3CCOCC3)CS2)C1. The van der Waals surface area contributed by atoms with Gasteiger partial charge in [0.05, 0.1) is 10.9 Å². The minimum atomic E-state index is 0.0558. The van der Waals surface area contributed by atoms with Crippen molar-refractivity contribution in [2.75, 3.05) is 38.7 Å². The highest BCUT2D eigenvalue weighted by atomic mass is 32.2. The van der Waals surface area contributed by atoms with E-state index in [0.29, 0.717) is 17.7 Å². The Balaban J connectivity index is 1.23. The van der Waals surface area contributed by atoms with Crippen LogP contribution in [-0.4, -0.2) is 70.5 Å². The van der Waals surface area contributed by atoms with Crippen LogP contribution in [0.15, 0.2) is 12.3 Å². The molecule has 1 atom stereocenters. The lowest BCUT2D eigenvalue weighted by Gasteiger charge is -2.47. The van der Waals surface area contributed by atoms with Gasteiger partial charge in [0.1, 0.15) is 5.69 Å². The Hall–Kier alpha value is -1.05. The molecule has 3 fully saturated rings. The third-order valence-electron chi connectivity index (χ3n) is 5.06. The van der Waals surface area contributed by atoms with E-state index in [1.807, 2.05) is 16.7 Å². The second kappa shape index (κ2) is 6.45. The summed E-state index contributed by atoms with van der Waals surface area (Å²) in [7, 11) is 0. The van der Waals surface area contributed by atoms with E-state index in [0.717, 1.165) is 57.9 Å². The van der Waals surface area contributed by atoms with Crippen molar-refractivity contribution in [1.82, 2.24) is 15.1 Å². The zero-order valence-electron chi connectivity index (χ0n) is 13.2. The number of carbonyl (C=O) groups excluding carboxylic acids is 1. The Bertz CT molecular complexity index is 539. The van der Waals surface area contributed by atoms with Gasteiger partial charge in [-0.3, -0.25) is 9.89 Å². The molecule has 0 aliphatic carbocycles. The highest BCUT2D eigenvalue weighted by Crippen LogP contribution is 2.46. The Morgan fingerprint density at radius 3 is 3.04 bits per heavy atom. The second-order valence-corrected chi connectivity index (χ2v) is 8.33. The van der Waals surface area contributed by atoms with Crippen molar-refractivity contribution in [2.45, 2.75) is 30.1 Å². The fourth-order valence-corrected chi connectivity index (χ4v) is 5.20. The van der Waals surface area contributed by atoms with E-state index in [-0.39, 0.29) is 10.7 Å². The predicted molar refractivity (Wildman–Crippen MR) is 87.6 cm³/mol. The first-order chi connectivity index (χ1) is 11.2. The molecule has 3 aliphatic heterocycles. The zero-order chi connectivity index (χ0) is 15.7. The van der Waals surface area contributed by atoms with Crippen molar-refractivity contribution in [3.63, 3.8) is 0 Å². The summed E-state index contributed by atoms with van der Waals surface area (Å²) in [4.78, 5) is 14.1. The highest BCUT2D eigenvalue weighted by Gasteiger charge is 2.51. The van der Waals surface area contributed by atoms with Crippen LogP contribution in [0.1, 0.15) is 29.8 Å². The standard InChI is InChI=1S/C16H23N3O3S/c20-15(14-1-4-17-18-14)19-10-16(11-19)7-13(9-23-16)22-8-12-2-5-21-6-3-12/h1,4,12-13H,2-3,5-11H2,(H,17,18)/t13-/m1/s1. The summed E-state index contributed by atoms with van der Waals surface area (Å²) in [5.41, 5.74) is 0.579. The van der Waals surface area contributed by atoms with Crippen LogP contribution in [0, 0.1) is 5.92 Å². The number of H-pyrrole nitrogens is 1. The van der Waals surface area contributed by atoms with Gasteiger partial charge in [-0.2, -0.15) is 5.10 Å². The zero-order valence-corrected chi connectivity index (χ0v) is 14.0. The summed E-state index contributed by atoms with van der Waals surface area (Å²) < 4.78 is 11.8. The molecule has 3 saturated heterocycles. The minimum Gasteiger partial charge on any atom is -0.381 e. The number of carbonyl (C=O) groups is 1. The first-order valence-electron chi connectivity index (χ1n) is 8.36. The maximum atomic E-state index is 12.2. The van der Waals surface area contributed by atoms with Crippen molar-refractivity contribution in [1.29, 1.82) is 0 Å². The number of aromatic nitrogens is 2. The number of aromatic amines is 1. The molecule has 4 rings (SSSR count). The van der Waals surface area contributed by atoms with Crippen molar-refractivity contribution in [2.24, 2.45) is 5.92 Å². The lowest BCUT2D eigenvalue weighted by Crippen LogP contribution is -2.60. The fourth-order valence-electron chi connectivity index (χ4n) is 3.65. The molecule has 0 radical (unpaired) electrons. The highest BCUT2D eigenvalue weighted by molar-refractivity contribution is 8.01. The molecule has 23 heavy (non-hydrogen) atoms. The van der Waals surface area contributed by atoms with Crippen LogP contribution in [0.3, 0.4) is 0 Å². The molecule has 0 aromatic carbocycles. The maximum Gasteiger partial charge on any atom is 0.271 e. The van der Waals surface area contributed by atoms with Crippen molar-refractivity contribution < 1.29 is 14.3 Å². The van der Waals surface area contributed by atoms with Crippen LogP contribution >= 0.6 is 11.8 Å². The Morgan fingerprint density at radius 2 is 2.30 bits per heavy atom. The number of rotatable bonds is 4. The average molecular weight is 337 g/mol. The third-order valence-corrected chi connectivity index (χ3v) is 6.64. The third kappa shape index (κ3) is 3.27. The van der Waals surface area contributed by atoms with Gasteiger partial charge in [0, 0.05) is 44.9 Å². The summed E-state index contributed by atoms with van der Waals surface area (Å²) in [6.07, 6.45) is 5.27. The van der Waals surface area contributed by atoms with Gasteiger partial charge in [-0.25, -0.2) is 0 Å². The predicted octanol–water partition coefficient (Wildman–Crippen LogP) is 1.55. The Morgan fingerprint density at radius 1 is 1.48 bits per heavy atom. The van der Waals surface area contributed by atoms with Crippen LogP contribution < -0.4 is 0 Å². The van der Waals surface area contributed by atoms with E-state index in [9.17, 15) is 4.79 Å². The van der Waals surface area contributed by atoms with E-state index < -0.39 is 0 Å². The Labute approximate surface area is 140 Å². The van der Waals surface area contributed by atoms with E-state index in [4.69, 9.17) is 9.47 Å². The number of nitrogens with one attached hydrogen (secondary N) is 1. The summed E-state index contributed by atoms with van der Waals surface area (Å²) in [5.74, 6) is 1.76. The molecule has 1 aromatic rings. The normalized spacial score (nSPS) is 27.3. The lowest BCUT2D eigenvalue weighted by atomic mass is 9.92. The molecule has 7 heteroatoms. The van der Waals surface area contributed by atoms with Crippen molar-refractivity contribution >= 4 is 17.7 Å². The van der Waals surface area contributed by atoms with E-state index in [1.165, 1.54) is 0 Å². The molecular formula is C16H23N3O3S. The van der Waals surface area contributed by atoms with Crippen LogP contribution in [0.4, 0.5) is 0 Å². The van der Waals surface area contributed by atoms with Crippen molar-refractivity contribution in [3.8, 4) is 0 Å². The van der Waals surface area contributed by atoms with E-state index in [2.05, 4.69) is 10.2 Å². The van der Waals surface area contributed by atoms with Crippen LogP contribution in [0.25, 0.3) is 0 Å². The second-order valence-electron chi connectivity index (χ2n) is 6.84. The summed E-state index contributed by atoms with van der Waals surface area (Å²) in [5, 5.41) is 6.59. The van der Waals surface area contributed by atoms with Crippen LogP contribution in [0.2, 0.25) is 0 Å². The van der Waals surface area contributed by atoms with Gasteiger partial charge in [0.15, 0.2) is 0 Å². The fraction of sp³-hybridized carbons (Fsp3) is 0.750. The summed E-state index contributed by atoms with van der Waals surface area (Å²) in [6.45, 7) is 4.27. The van der Waals surface area contributed by atoms with Crippen LogP contribution in [-0.2, 0) is 9.47 Å². The molecule has 1 spiro atoms. The quantitative estimate of drug-likeness (QED) is 0.903. The van der Waals surface area contributed by atoms with Gasteiger partial charge in [0.2, 0.25) is 0 Å². The topological polar surface area (TPSA) is 67.5 Å². The van der Waals surface area contributed by atoms with Gasteiger partial charge in [-0.05, 0) is 31.2 Å². The molecule has 3 aliphatic rings. The maximum absolute atomic E-state index is 12.2. The first-order valence-corrected chi connectivity index (χ1v) is 9.35. The lowest BCUT2D eigenvalue weighted by molar-refractivity contribution is -0.0119. The molecule has 4 heterocycles. The minimum absolute atomic E-state index is 0.0558. The Kier molecular flexibility index (Phi) is 4.34. The number of hydrogen-bond acceptors (Lipinski definition) is 5. The first kappa shape index (κ1) is 15.5. The number of amides is 1. The monoisotopic (exact) mass is 337 g/mol. The molecule has 1 N–H and O–H groups in total. The van der Waals surface area contributed by atoms with E-state index >= 15 is 0 Å². The van der Waals surface area contributed by atoms with E-state index in [1.54, 1.807) is 12.3 Å². The smallest absolute Gasteiger partial charge is 0.271 e. The largest absolute Gasteiger partial charge is 0.381 e. The number of likely N-dealkylation sites (tertiary alicyclic amines) is 1. The van der Waals surface area contributed by atoms with Gasteiger partial charge in [-0.15, -0.1) is 11.8 Å². The van der Waals surface area contributed by atoms with Gasteiger partial charge < -0.3 is 14.4 Å². The molecule has 1 aromatic heterocycles. The van der Waals surface area contributed by atoms with Gasteiger partial charge in [-0.1, -0.05) is 0 Å². The molecule has 0 saturated carbocycles. The molecular weight excluding hydrogens is 314 g/mol. The van der Waals surface area contributed by atoms with Crippen LogP contribution in [0.5, 0.6) is 0 Å². The average Bonchev–Trinajstić information content (AvgIpc) is 3.22. The molecule has 0 unspecified atom stereocenters. The number of nitrogens with zero attached hydrogens (tertiary/aromatic N) is 2. The number of thioether (sulfide) groups is 1. The molecule has 126 valence electrons. The van der Waals surface area contributed by atoms with Crippen molar-refractivity contribution in [3.05, 3.63) is 18.0 Å². The molecule has 1 amide bonds. The van der Waals surface area contributed by atoms with Gasteiger partial charge in [0.25, 0.3) is 5.91 Å². The van der Waals surface area contributed by atoms with Gasteiger partial charge >= 0.3 is 0 Å². The number of ether oxygens (including phenoxy) is 2. The summed E-state index contributed by atoms with van der Waals surface area (Å²) >= 11 is 1.98. The summed E-state index contributed by atoms with van der Waals surface area (Å²) in [6, 6.07) is 1.73. The molecule has 6 nitrogen and oxygen atoms in total. The number of hydrogen-bond donors (Lipinski definition) is 1. The molecule has 0 bridgehead atoms.